The molecule has 2 N–H and O–H groups in total. The van der Waals surface area contributed by atoms with Crippen molar-refractivity contribution in [3.8, 4) is 0 Å². The van der Waals surface area contributed by atoms with Gasteiger partial charge in [-0.1, -0.05) is 6.58 Å². The highest BCUT2D eigenvalue weighted by molar-refractivity contribution is 6.14. The Labute approximate surface area is 178 Å². The lowest BCUT2D eigenvalue weighted by Gasteiger charge is -2.30. The molecule has 1 aromatic carbocycles. The third kappa shape index (κ3) is 3.42. The predicted octanol–water partition coefficient (Wildman–Crippen LogP) is 2.89. The Hall–Kier alpha value is -3.72. The first-order chi connectivity index (χ1) is 15.0. The number of carbonyl (C=O) groups is 1. The van der Waals surface area contributed by atoms with Crippen molar-refractivity contribution in [2.24, 2.45) is 0 Å². The zero-order chi connectivity index (χ0) is 21.5. The summed E-state index contributed by atoms with van der Waals surface area (Å²) in [7, 11) is 0. The third-order valence-corrected chi connectivity index (χ3v) is 5.44. The molecule has 0 aliphatic carbocycles. The number of nitrogens with zero attached hydrogens (tertiary/aromatic N) is 5. The van der Waals surface area contributed by atoms with Gasteiger partial charge in [-0.05, 0) is 19.1 Å². The molecule has 8 nitrogen and oxygen atoms in total. The maximum Gasteiger partial charge on any atom is 0.257 e. The summed E-state index contributed by atoms with van der Waals surface area (Å²) in [5, 5.41) is 11.5. The first-order valence-electron chi connectivity index (χ1n) is 10.1. The van der Waals surface area contributed by atoms with E-state index in [-0.39, 0.29) is 11.6 Å². The standard InChI is InChI=1S/C22H22FN7O/c1-3-30-13-17-19(28-8-6-24-7-9-28)5-4-16(20(17)27-30)22(31)26-15-10-18(23)21-25-14(2)11-29(21)12-15/h3-5,10-13,24H,1,6-9H2,2H3,(H,26,31). The van der Waals surface area contributed by atoms with Gasteiger partial charge in [0.2, 0.25) is 0 Å². The van der Waals surface area contributed by atoms with Gasteiger partial charge >= 0.3 is 0 Å². The van der Waals surface area contributed by atoms with Crippen molar-refractivity contribution in [2.45, 2.75) is 6.92 Å². The Balaban J connectivity index is 1.53. The summed E-state index contributed by atoms with van der Waals surface area (Å²) in [5.74, 6) is -0.859. The first kappa shape index (κ1) is 19.3. The zero-order valence-electron chi connectivity index (χ0n) is 17.1. The van der Waals surface area contributed by atoms with Gasteiger partial charge < -0.3 is 19.9 Å². The summed E-state index contributed by atoms with van der Waals surface area (Å²) in [5.41, 5.74) is 3.29. The highest BCUT2D eigenvalue weighted by Crippen LogP contribution is 2.30. The van der Waals surface area contributed by atoms with Crippen molar-refractivity contribution in [3.63, 3.8) is 0 Å². The molecule has 0 radical (unpaired) electrons. The van der Waals surface area contributed by atoms with Gasteiger partial charge in [-0.15, -0.1) is 0 Å². The highest BCUT2D eigenvalue weighted by Gasteiger charge is 2.20. The Morgan fingerprint density at radius 3 is 2.84 bits per heavy atom. The first-order valence-corrected chi connectivity index (χ1v) is 10.1. The average molecular weight is 419 g/mol. The summed E-state index contributed by atoms with van der Waals surface area (Å²) in [6, 6.07) is 4.99. The van der Waals surface area contributed by atoms with Crippen LogP contribution in [0, 0.1) is 12.7 Å². The molecule has 0 spiro atoms. The molecule has 1 amide bonds. The molecule has 0 bridgehead atoms. The van der Waals surface area contributed by atoms with Gasteiger partial charge in [0.1, 0.15) is 5.52 Å². The van der Waals surface area contributed by atoms with Crippen molar-refractivity contribution in [2.75, 3.05) is 36.4 Å². The van der Waals surface area contributed by atoms with Crippen molar-refractivity contribution < 1.29 is 9.18 Å². The molecule has 158 valence electrons. The van der Waals surface area contributed by atoms with E-state index >= 15 is 0 Å². The number of rotatable bonds is 4. The number of benzene rings is 1. The van der Waals surface area contributed by atoms with Gasteiger partial charge in [0.25, 0.3) is 5.91 Å². The van der Waals surface area contributed by atoms with Crippen LogP contribution in [0.5, 0.6) is 0 Å². The van der Waals surface area contributed by atoms with E-state index in [1.165, 1.54) is 6.07 Å². The molecule has 5 rings (SSSR count). The average Bonchev–Trinajstić information content (AvgIpc) is 3.37. The number of anilines is 2. The van der Waals surface area contributed by atoms with Crippen LogP contribution in [0.1, 0.15) is 16.1 Å². The number of hydrogen-bond acceptors (Lipinski definition) is 5. The largest absolute Gasteiger partial charge is 0.368 e. The van der Waals surface area contributed by atoms with Crippen molar-refractivity contribution in [1.82, 2.24) is 24.5 Å². The topological polar surface area (TPSA) is 79.5 Å². The Morgan fingerprint density at radius 2 is 2.06 bits per heavy atom. The van der Waals surface area contributed by atoms with Gasteiger partial charge in [-0.2, -0.15) is 5.10 Å². The number of amides is 1. The van der Waals surface area contributed by atoms with Crippen LogP contribution in [0.2, 0.25) is 0 Å². The summed E-state index contributed by atoms with van der Waals surface area (Å²) < 4.78 is 17.6. The van der Waals surface area contributed by atoms with E-state index in [1.54, 1.807) is 40.7 Å². The molecule has 1 fully saturated rings. The van der Waals surface area contributed by atoms with Crippen molar-refractivity contribution in [3.05, 3.63) is 60.4 Å². The zero-order valence-corrected chi connectivity index (χ0v) is 17.1. The quantitative estimate of drug-likeness (QED) is 0.532. The van der Waals surface area contributed by atoms with E-state index in [4.69, 9.17) is 0 Å². The van der Waals surface area contributed by atoms with Crippen LogP contribution in [0.15, 0.2) is 43.4 Å². The number of carbonyl (C=O) groups excluding carboxylic acids is 1. The minimum Gasteiger partial charge on any atom is -0.368 e. The van der Waals surface area contributed by atoms with E-state index in [2.05, 4.69) is 32.2 Å². The molecular formula is C22H22FN7O. The molecule has 9 heteroatoms. The van der Waals surface area contributed by atoms with Crippen LogP contribution in [0.25, 0.3) is 22.8 Å². The lowest BCUT2D eigenvalue weighted by Crippen LogP contribution is -2.43. The summed E-state index contributed by atoms with van der Waals surface area (Å²) in [6.45, 7) is 9.13. The monoisotopic (exact) mass is 419 g/mol. The fraction of sp³-hybridized carbons (Fsp3) is 0.227. The number of imidazole rings is 1. The molecule has 0 saturated carbocycles. The molecule has 4 heterocycles. The number of halogens is 1. The van der Waals surface area contributed by atoms with Crippen molar-refractivity contribution in [1.29, 1.82) is 0 Å². The molecule has 0 unspecified atom stereocenters. The van der Waals surface area contributed by atoms with Crippen LogP contribution in [-0.4, -0.2) is 51.3 Å². The number of pyridine rings is 1. The second kappa shape index (κ2) is 7.51. The van der Waals surface area contributed by atoms with Gasteiger partial charge in [0.15, 0.2) is 11.5 Å². The molecule has 3 aromatic heterocycles. The van der Waals surface area contributed by atoms with Crippen LogP contribution >= 0.6 is 0 Å². The Bertz CT molecular complexity index is 1320. The van der Waals surface area contributed by atoms with E-state index in [1.807, 2.05) is 12.3 Å². The highest BCUT2D eigenvalue weighted by atomic mass is 19.1. The van der Waals surface area contributed by atoms with E-state index < -0.39 is 5.82 Å². The maximum absolute atomic E-state index is 14.4. The SMILES string of the molecule is C=Cn1cc2c(N3CCNCC3)ccc(C(=O)Nc3cc(F)c4nc(C)cn4c3)c2n1. The van der Waals surface area contributed by atoms with E-state index in [9.17, 15) is 9.18 Å². The van der Waals surface area contributed by atoms with Crippen LogP contribution in [0.4, 0.5) is 15.8 Å². The number of aryl methyl sites for hydroxylation is 1. The molecule has 1 saturated heterocycles. The normalized spacial score (nSPS) is 14.3. The predicted molar refractivity (Wildman–Crippen MR) is 119 cm³/mol. The second-order valence-corrected chi connectivity index (χ2v) is 7.57. The number of fused-ring (bicyclic) bond motifs is 2. The molecule has 4 aromatic rings. The Morgan fingerprint density at radius 1 is 1.26 bits per heavy atom. The second-order valence-electron chi connectivity index (χ2n) is 7.57. The summed E-state index contributed by atoms with van der Waals surface area (Å²) in [6.07, 6.45) is 6.82. The van der Waals surface area contributed by atoms with Crippen LogP contribution < -0.4 is 15.5 Å². The summed E-state index contributed by atoms with van der Waals surface area (Å²) in [4.78, 5) is 19.5. The number of nitrogens with one attached hydrogen (secondary N) is 2. The van der Waals surface area contributed by atoms with E-state index in [0.717, 1.165) is 37.3 Å². The summed E-state index contributed by atoms with van der Waals surface area (Å²) >= 11 is 0. The number of hydrogen-bond donors (Lipinski definition) is 2. The van der Waals surface area contributed by atoms with Crippen LogP contribution in [-0.2, 0) is 0 Å². The minimum absolute atomic E-state index is 0.225. The van der Waals surface area contributed by atoms with E-state index in [0.29, 0.717) is 22.5 Å². The smallest absolute Gasteiger partial charge is 0.257 e. The number of aromatic nitrogens is 4. The lowest BCUT2D eigenvalue weighted by atomic mass is 10.1. The minimum atomic E-state index is -0.499. The molecule has 31 heavy (non-hydrogen) atoms. The Kier molecular flexibility index (Phi) is 4.67. The lowest BCUT2D eigenvalue weighted by molar-refractivity contribution is 0.102. The molecule has 1 aliphatic rings. The van der Waals surface area contributed by atoms with Gasteiger partial charge in [-0.25, -0.2) is 14.1 Å². The molecular weight excluding hydrogens is 397 g/mol. The van der Waals surface area contributed by atoms with Gasteiger partial charge in [0, 0.05) is 68.1 Å². The fourth-order valence-corrected chi connectivity index (χ4v) is 4.01. The number of piperazine rings is 1. The third-order valence-electron chi connectivity index (χ3n) is 5.44. The van der Waals surface area contributed by atoms with Crippen molar-refractivity contribution >= 4 is 40.0 Å². The maximum atomic E-state index is 14.4. The van der Waals surface area contributed by atoms with Gasteiger partial charge in [0.05, 0.1) is 16.9 Å². The van der Waals surface area contributed by atoms with Gasteiger partial charge in [-0.3, -0.25) is 4.79 Å². The van der Waals surface area contributed by atoms with Crippen LogP contribution in [0.3, 0.4) is 0 Å². The fourth-order valence-electron chi connectivity index (χ4n) is 4.01. The molecule has 0 atom stereocenters. The molecule has 1 aliphatic heterocycles.